The van der Waals surface area contributed by atoms with Gasteiger partial charge in [-0.05, 0) is 44.7 Å². The average molecular weight is 454 g/mol. The molecule has 1 fully saturated rings. The van der Waals surface area contributed by atoms with Crippen LogP contribution >= 0.6 is 0 Å². The maximum Gasteiger partial charge on any atom is 0.196 e. The Morgan fingerprint density at radius 1 is 1.03 bits per heavy atom. The lowest BCUT2D eigenvalue weighted by molar-refractivity contribution is 0.111. The molecule has 174 valence electrons. The van der Waals surface area contributed by atoms with Crippen molar-refractivity contribution < 1.29 is 4.79 Å². The van der Waals surface area contributed by atoms with Gasteiger partial charge in [0.25, 0.3) is 0 Å². The molecule has 0 radical (unpaired) electrons. The quantitative estimate of drug-likeness (QED) is 0.334. The van der Waals surface area contributed by atoms with E-state index in [1.54, 1.807) is 0 Å². The third-order valence-electron chi connectivity index (χ3n) is 6.72. The zero-order chi connectivity index (χ0) is 23.7. The zero-order valence-corrected chi connectivity index (χ0v) is 20.2. The Kier molecular flexibility index (Phi) is 6.14. The van der Waals surface area contributed by atoms with Gasteiger partial charge in [0.15, 0.2) is 23.6 Å². The molecule has 5 rings (SSSR count). The van der Waals surface area contributed by atoms with E-state index in [4.69, 9.17) is 9.97 Å². The van der Waals surface area contributed by atoms with Crippen LogP contribution in [-0.2, 0) is 6.54 Å². The molecular formula is C28H31N5O. The number of benzene rings is 2. The summed E-state index contributed by atoms with van der Waals surface area (Å²) in [7, 11) is 0. The molecular weight excluding hydrogens is 422 g/mol. The Bertz CT molecular complexity index is 1320. The van der Waals surface area contributed by atoms with Gasteiger partial charge in [0, 0.05) is 24.7 Å². The molecule has 0 bridgehead atoms. The van der Waals surface area contributed by atoms with Gasteiger partial charge in [0.2, 0.25) is 0 Å². The van der Waals surface area contributed by atoms with E-state index in [1.165, 1.54) is 16.7 Å². The van der Waals surface area contributed by atoms with Gasteiger partial charge in [-0.15, -0.1) is 0 Å². The van der Waals surface area contributed by atoms with E-state index in [0.29, 0.717) is 18.2 Å². The van der Waals surface area contributed by atoms with Crippen molar-refractivity contribution in [1.29, 1.82) is 0 Å². The largest absolute Gasteiger partial charge is 0.352 e. The van der Waals surface area contributed by atoms with Crippen LogP contribution in [0.3, 0.4) is 0 Å². The number of carbonyl (C=O) groups is 1. The summed E-state index contributed by atoms with van der Waals surface area (Å²) in [4.78, 5) is 28.4. The number of nitrogens with zero attached hydrogens (tertiary/aromatic N) is 5. The molecule has 2 aromatic heterocycles. The lowest BCUT2D eigenvalue weighted by Crippen LogP contribution is -2.30. The minimum Gasteiger partial charge on any atom is -0.352 e. The van der Waals surface area contributed by atoms with Crippen LogP contribution in [0.4, 0.5) is 5.82 Å². The molecule has 1 aliphatic rings. The highest BCUT2D eigenvalue weighted by molar-refractivity contribution is 5.90. The molecule has 0 N–H and O–H groups in total. The molecule has 0 aliphatic carbocycles. The predicted octanol–water partition coefficient (Wildman–Crippen LogP) is 5.74. The number of aromatic nitrogens is 4. The summed E-state index contributed by atoms with van der Waals surface area (Å²) in [6.45, 7) is 8.00. The van der Waals surface area contributed by atoms with E-state index in [0.717, 1.165) is 61.2 Å². The van der Waals surface area contributed by atoms with Crippen LogP contribution < -0.4 is 4.90 Å². The molecule has 1 unspecified atom stereocenters. The van der Waals surface area contributed by atoms with Gasteiger partial charge in [-0.25, -0.2) is 15.0 Å². The average Bonchev–Trinajstić information content (AvgIpc) is 3.45. The molecule has 1 saturated heterocycles. The summed E-state index contributed by atoms with van der Waals surface area (Å²) >= 11 is 0. The standard InChI is InChI=1S/C28H31N5O/c1-4-7-23-10-6-15-32(23)28-25-26(29-24(18-34)30-28)31-27(22-9-5-8-20(3)16-22)33(25)17-21-13-11-19(2)12-14-21/h5,8-9,11-14,16,18,23H,4,6-7,10,15,17H2,1-3H3. The lowest BCUT2D eigenvalue weighted by Gasteiger charge is -2.26. The Labute approximate surface area is 200 Å². The lowest BCUT2D eigenvalue weighted by atomic mass is 10.1. The second kappa shape index (κ2) is 9.37. The van der Waals surface area contributed by atoms with Crippen LogP contribution in [0, 0.1) is 13.8 Å². The summed E-state index contributed by atoms with van der Waals surface area (Å²) in [5.74, 6) is 1.88. The number of anilines is 1. The van der Waals surface area contributed by atoms with Crippen molar-refractivity contribution in [2.75, 3.05) is 11.4 Å². The first kappa shape index (κ1) is 22.3. The normalized spacial score (nSPS) is 15.9. The third-order valence-corrected chi connectivity index (χ3v) is 6.72. The second-order valence-corrected chi connectivity index (χ2v) is 9.35. The van der Waals surface area contributed by atoms with Gasteiger partial charge < -0.3 is 9.47 Å². The molecule has 34 heavy (non-hydrogen) atoms. The number of hydrogen-bond donors (Lipinski definition) is 0. The fraction of sp³-hybridized carbons (Fsp3) is 0.357. The maximum absolute atomic E-state index is 11.8. The van der Waals surface area contributed by atoms with Gasteiger partial charge in [-0.1, -0.05) is 66.9 Å². The van der Waals surface area contributed by atoms with E-state index in [1.807, 2.05) is 0 Å². The topological polar surface area (TPSA) is 63.9 Å². The maximum atomic E-state index is 11.8. The molecule has 6 nitrogen and oxygen atoms in total. The highest BCUT2D eigenvalue weighted by Gasteiger charge is 2.30. The molecule has 3 heterocycles. The number of aryl methyl sites for hydroxylation is 2. The summed E-state index contributed by atoms with van der Waals surface area (Å²) in [5.41, 5.74) is 6.13. The number of fused-ring (bicyclic) bond motifs is 1. The summed E-state index contributed by atoms with van der Waals surface area (Å²) in [5, 5.41) is 0. The van der Waals surface area contributed by atoms with Crippen molar-refractivity contribution in [3.63, 3.8) is 0 Å². The highest BCUT2D eigenvalue weighted by Crippen LogP contribution is 2.35. The smallest absolute Gasteiger partial charge is 0.196 e. The van der Waals surface area contributed by atoms with Crippen molar-refractivity contribution in [3.8, 4) is 11.4 Å². The Morgan fingerprint density at radius 2 is 1.85 bits per heavy atom. The van der Waals surface area contributed by atoms with Crippen molar-refractivity contribution in [2.45, 2.75) is 59.0 Å². The van der Waals surface area contributed by atoms with Crippen LogP contribution in [0.1, 0.15) is 59.9 Å². The van der Waals surface area contributed by atoms with E-state index in [2.05, 4.69) is 83.8 Å². The number of imidazole rings is 1. The molecule has 0 spiro atoms. The Balaban J connectivity index is 1.76. The number of carbonyl (C=O) groups excluding carboxylic acids is 1. The first-order chi connectivity index (χ1) is 16.6. The van der Waals surface area contributed by atoms with E-state index in [-0.39, 0.29) is 5.82 Å². The molecule has 1 atom stereocenters. The highest BCUT2D eigenvalue weighted by atomic mass is 16.1. The van der Waals surface area contributed by atoms with Gasteiger partial charge in [-0.3, -0.25) is 4.79 Å². The van der Waals surface area contributed by atoms with Crippen LogP contribution in [-0.4, -0.2) is 38.4 Å². The van der Waals surface area contributed by atoms with Crippen LogP contribution in [0.15, 0.2) is 48.5 Å². The molecule has 6 heteroatoms. The van der Waals surface area contributed by atoms with E-state index >= 15 is 0 Å². The predicted molar refractivity (Wildman–Crippen MR) is 136 cm³/mol. The minimum atomic E-state index is 0.195. The molecule has 0 saturated carbocycles. The SMILES string of the molecule is CCCC1CCCN1c1nc(C=O)nc2nc(-c3cccc(C)c3)n(Cc3ccc(C)cc3)c12. The first-order valence-corrected chi connectivity index (χ1v) is 12.2. The van der Waals surface area contributed by atoms with Crippen molar-refractivity contribution in [3.05, 3.63) is 71.0 Å². The van der Waals surface area contributed by atoms with E-state index < -0.39 is 0 Å². The Morgan fingerprint density at radius 3 is 2.59 bits per heavy atom. The van der Waals surface area contributed by atoms with Crippen LogP contribution in [0.2, 0.25) is 0 Å². The first-order valence-electron chi connectivity index (χ1n) is 12.2. The van der Waals surface area contributed by atoms with E-state index in [9.17, 15) is 4.79 Å². The second-order valence-electron chi connectivity index (χ2n) is 9.35. The van der Waals surface area contributed by atoms with Gasteiger partial charge >= 0.3 is 0 Å². The summed E-state index contributed by atoms with van der Waals surface area (Å²) in [6.07, 6.45) is 5.24. The summed E-state index contributed by atoms with van der Waals surface area (Å²) in [6, 6.07) is 17.4. The van der Waals surface area contributed by atoms with Crippen LogP contribution in [0.5, 0.6) is 0 Å². The molecule has 2 aromatic carbocycles. The number of aldehydes is 1. The zero-order valence-electron chi connectivity index (χ0n) is 20.2. The van der Waals surface area contributed by atoms with Gasteiger partial charge in [0.1, 0.15) is 11.3 Å². The van der Waals surface area contributed by atoms with Crippen LogP contribution in [0.25, 0.3) is 22.6 Å². The van der Waals surface area contributed by atoms with Crippen molar-refractivity contribution in [1.82, 2.24) is 19.5 Å². The number of rotatable bonds is 7. The van der Waals surface area contributed by atoms with Gasteiger partial charge in [-0.2, -0.15) is 0 Å². The molecule has 0 amide bonds. The minimum absolute atomic E-state index is 0.195. The van der Waals surface area contributed by atoms with Crippen molar-refractivity contribution in [2.24, 2.45) is 0 Å². The molecule has 4 aromatic rings. The van der Waals surface area contributed by atoms with Crippen molar-refractivity contribution >= 4 is 23.3 Å². The number of hydrogen-bond acceptors (Lipinski definition) is 5. The fourth-order valence-electron chi connectivity index (χ4n) is 5.07. The Hall–Kier alpha value is -3.54. The monoisotopic (exact) mass is 453 g/mol. The molecule has 1 aliphatic heterocycles. The van der Waals surface area contributed by atoms with Gasteiger partial charge in [0.05, 0.1) is 0 Å². The summed E-state index contributed by atoms with van der Waals surface area (Å²) < 4.78 is 2.24. The fourth-order valence-corrected chi connectivity index (χ4v) is 5.07. The third kappa shape index (κ3) is 4.20.